The summed E-state index contributed by atoms with van der Waals surface area (Å²) < 4.78 is 48.0. The Hall–Kier alpha value is -2.47. The largest absolute Gasteiger partial charge is 0.387 e. The first-order chi connectivity index (χ1) is 18.2. The minimum absolute atomic E-state index is 0.0128. The van der Waals surface area contributed by atoms with Crippen LogP contribution >= 0.6 is 26.8 Å². The number of aliphatic hydroxyl groups excluding tert-OH is 2. The summed E-state index contributed by atoms with van der Waals surface area (Å²) in [7, 11) is -9.60. The maximum absolute atomic E-state index is 13.3. The SMILES string of the molecule is C[C@@H](Nc1c(C#N)c(Cl)nc2c1ccn2[C@@H]1O[C@H](COP(=O)(O)CP(=O)(O)O)[C@@H](O)[C@H]1O)c1ccc(F)cn1. The van der Waals surface area contributed by atoms with Gasteiger partial charge in [0.05, 0.1) is 30.2 Å². The summed E-state index contributed by atoms with van der Waals surface area (Å²) >= 11 is 6.29. The molecule has 0 radical (unpaired) electrons. The van der Waals surface area contributed by atoms with E-state index in [1.807, 2.05) is 6.07 Å². The molecule has 39 heavy (non-hydrogen) atoms. The third kappa shape index (κ3) is 6.48. The van der Waals surface area contributed by atoms with Crippen LogP contribution in [0.5, 0.6) is 0 Å². The van der Waals surface area contributed by atoms with Crippen molar-refractivity contribution in [1.29, 1.82) is 5.26 Å². The molecule has 4 rings (SSSR count). The van der Waals surface area contributed by atoms with E-state index >= 15 is 0 Å². The van der Waals surface area contributed by atoms with Crippen molar-refractivity contribution in [1.82, 2.24) is 14.5 Å². The second-order valence-corrected chi connectivity index (χ2v) is 13.1. The van der Waals surface area contributed by atoms with Gasteiger partial charge in [-0.1, -0.05) is 11.6 Å². The van der Waals surface area contributed by atoms with Crippen LogP contribution in [0.15, 0.2) is 30.6 Å². The molecule has 3 aromatic heterocycles. The molecule has 3 aromatic rings. The van der Waals surface area contributed by atoms with E-state index in [1.165, 1.54) is 22.9 Å². The van der Waals surface area contributed by atoms with Crippen LogP contribution in [0, 0.1) is 17.1 Å². The van der Waals surface area contributed by atoms with Crippen molar-refractivity contribution < 1.29 is 47.7 Å². The van der Waals surface area contributed by atoms with E-state index in [0.29, 0.717) is 11.1 Å². The minimum atomic E-state index is -4.87. The Labute approximate surface area is 225 Å². The lowest BCUT2D eigenvalue weighted by atomic mass is 10.1. The van der Waals surface area contributed by atoms with Gasteiger partial charge in [-0.3, -0.25) is 14.1 Å². The van der Waals surface area contributed by atoms with Crippen molar-refractivity contribution >= 4 is 43.5 Å². The Balaban J connectivity index is 1.62. The first kappa shape index (κ1) is 29.5. The van der Waals surface area contributed by atoms with Crippen LogP contribution in [0.4, 0.5) is 10.1 Å². The maximum atomic E-state index is 13.3. The van der Waals surface area contributed by atoms with Gasteiger partial charge in [-0.15, -0.1) is 0 Å². The zero-order chi connectivity index (χ0) is 28.7. The van der Waals surface area contributed by atoms with Crippen LogP contribution in [0.3, 0.4) is 0 Å². The van der Waals surface area contributed by atoms with Gasteiger partial charge in [0.1, 0.15) is 41.4 Å². The zero-order valence-corrected chi connectivity index (χ0v) is 22.5. The molecule has 1 saturated heterocycles. The summed E-state index contributed by atoms with van der Waals surface area (Å²) in [6.07, 6.45) is -3.32. The first-order valence-corrected chi connectivity index (χ1v) is 15.1. The van der Waals surface area contributed by atoms with Gasteiger partial charge < -0.3 is 44.0 Å². The van der Waals surface area contributed by atoms with Gasteiger partial charge in [0.2, 0.25) is 0 Å². The minimum Gasteiger partial charge on any atom is -0.387 e. The number of hydrogen-bond acceptors (Lipinski definition) is 10. The highest BCUT2D eigenvalue weighted by atomic mass is 35.5. The summed E-state index contributed by atoms with van der Waals surface area (Å²) in [4.78, 5) is 35.8. The number of aliphatic hydroxyl groups is 2. The first-order valence-electron chi connectivity index (χ1n) is 11.2. The topological polar surface area (TPSA) is 220 Å². The molecule has 1 fully saturated rings. The fourth-order valence-corrected chi connectivity index (χ4v) is 6.88. The predicted octanol–water partition coefficient (Wildman–Crippen LogP) is 2.22. The van der Waals surface area contributed by atoms with Gasteiger partial charge in [-0.25, -0.2) is 9.37 Å². The highest BCUT2D eigenvalue weighted by molar-refractivity contribution is 7.70. The number of nitrogens with one attached hydrogen (secondary N) is 1. The van der Waals surface area contributed by atoms with Gasteiger partial charge in [0.25, 0.3) is 0 Å². The van der Waals surface area contributed by atoms with Gasteiger partial charge in [0, 0.05) is 11.6 Å². The second-order valence-electron chi connectivity index (χ2n) is 8.78. The number of pyridine rings is 2. The van der Waals surface area contributed by atoms with Gasteiger partial charge >= 0.3 is 15.2 Å². The normalized spacial score (nSPS) is 23.9. The van der Waals surface area contributed by atoms with E-state index < -0.39 is 64.1 Å². The summed E-state index contributed by atoms with van der Waals surface area (Å²) in [6.45, 7) is 0.971. The number of aromatic nitrogens is 3. The van der Waals surface area contributed by atoms with Gasteiger partial charge in [-0.05, 0) is 25.1 Å². The number of nitriles is 1. The molecular formula is C21H23ClFN5O9P2. The molecule has 14 nitrogen and oxygen atoms in total. The molecule has 0 bridgehead atoms. The van der Waals surface area contributed by atoms with E-state index in [-0.39, 0.29) is 22.1 Å². The number of hydrogen-bond donors (Lipinski definition) is 6. The average Bonchev–Trinajstić information content (AvgIpc) is 3.37. The Kier molecular flexibility index (Phi) is 8.47. The van der Waals surface area contributed by atoms with Crippen LogP contribution in [-0.4, -0.2) is 70.3 Å². The summed E-state index contributed by atoms with van der Waals surface area (Å²) in [5.74, 6) is -1.94. The monoisotopic (exact) mass is 605 g/mol. The summed E-state index contributed by atoms with van der Waals surface area (Å²) in [5.41, 5.74) is 0.907. The number of nitrogens with zero attached hydrogens (tertiary/aromatic N) is 4. The fraction of sp³-hybridized carbons (Fsp3) is 0.381. The highest BCUT2D eigenvalue weighted by Gasteiger charge is 2.45. The van der Waals surface area contributed by atoms with Crippen molar-refractivity contribution in [2.45, 2.75) is 37.5 Å². The molecule has 210 valence electrons. The molecular weight excluding hydrogens is 583 g/mol. The van der Waals surface area contributed by atoms with Crippen molar-refractivity contribution in [3.8, 4) is 6.07 Å². The van der Waals surface area contributed by atoms with Crippen molar-refractivity contribution in [2.24, 2.45) is 0 Å². The van der Waals surface area contributed by atoms with E-state index in [0.717, 1.165) is 6.20 Å². The van der Waals surface area contributed by atoms with Gasteiger partial charge in [0.15, 0.2) is 17.3 Å². The lowest BCUT2D eigenvalue weighted by Crippen LogP contribution is -2.33. The number of ether oxygens (including phenoxy) is 1. The quantitative estimate of drug-likeness (QED) is 0.152. The number of fused-ring (bicyclic) bond motifs is 1. The molecule has 0 spiro atoms. The molecule has 0 aromatic carbocycles. The maximum Gasteiger partial charge on any atom is 0.340 e. The molecule has 1 unspecified atom stereocenters. The average molecular weight is 606 g/mol. The molecule has 6 atom stereocenters. The van der Waals surface area contributed by atoms with Crippen molar-refractivity contribution in [2.75, 3.05) is 17.8 Å². The van der Waals surface area contributed by atoms with E-state index in [9.17, 15) is 33.9 Å². The predicted molar refractivity (Wildman–Crippen MR) is 134 cm³/mol. The Morgan fingerprint density at radius 1 is 1.28 bits per heavy atom. The lowest BCUT2D eigenvalue weighted by molar-refractivity contribution is -0.0481. The third-order valence-electron chi connectivity index (χ3n) is 5.90. The molecule has 1 aliphatic heterocycles. The van der Waals surface area contributed by atoms with Crippen LogP contribution < -0.4 is 5.32 Å². The van der Waals surface area contributed by atoms with Crippen molar-refractivity contribution in [3.63, 3.8) is 0 Å². The molecule has 18 heteroatoms. The summed E-state index contributed by atoms with van der Waals surface area (Å²) in [6, 6.07) is 5.75. The standard InChI is InChI=1S/C21H23ClFN5O9P2/c1-10(14-3-2-11(23)7-25-14)26-16-12-4-5-28(20(12)27-19(22)13(16)6-24)21-18(30)17(29)15(37-21)8-36-39(34,35)9-38(31,32)33/h2-5,7,10,15,17-18,21,29-30H,8-9H2,1H3,(H,26,27)(H,34,35)(H2,31,32,33)/t10-,15-,17-,18-,21-/m1/s1. The van der Waals surface area contributed by atoms with Gasteiger partial charge in [-0.2, -0.15) is 5.26 Å². The Morgan fingerprint density at radius 3 is 2.62 bits per heavy atom. The van der Waals surface area contributed by atoms with E-state index in [1.54, 1.807) is 13.0 Å². The number of anilines is 1. The molecule has 0 amide bonds. The van der Waals surface area contributed by atoms with E-state index in [4.69, 9.17) is 30.6 Å². The summed E-state index contributed by atoms with van der Waals surface area (Å²) in [5, 5.41) is 34.2. The van der Waals surface area contributed by atoms with Crippen LogP contribution in [-0.2, 0) is 18.4 Å². The Morgan fingerprint density at radius 2 is 2.00 bits per heavy atom. The number of rotatable bonds is 9. The smallest absolute Gasteiger partial charge is 0.340 e. The zero-order valence-electron chi connectivity index (χ0n) is 20.0. The van der Waals surface area contributed by atoms with E-state index in [2.05, 4.69) is 15.3 Å². The molecule has 0 saturated carbocycles. The molecule has 6 N–H and O–H groups in total. The molecule has 1 aliphatic rings. The lowest BCUT2D eigenvalue weighted by Gasteiger charge is -2.20. The van der Waals surface area contributed by atoms with Crippen LogP contribution in [0.1, 0.15) is 30.5 Å². The molecule has 4 heterocycles. The highest BCUT2D eigenvalue weighted by Crippen LogP contribution is 2.55. The van der Waals surface area contributed by atoms with Crippen LogP contribution in [0.2, 0.25) is 5.15 Å². The Bertz CT molecular complexity index is 1510. The third-order valence-corrected chi connectivity index (χ3v) is 9.63. The number of halogens is 2. The second kappa shape index (κ2) is 11.2. The van der Waals surface area contributed by atoms with Crippen LogP contribution in [0.25, 0.3) is 11.0 Å². The fourth-order valence-electron chi connectivity index (χ4n) is 4.09. The molecule has 0 aliphatic carbocycles. The van der Waals surface area contributed by atoms with Crippen molar-refractivity contribution in [3.05, 3.63) is 52.8 Å².